The zero-order chi connectivity index (χ0) is 25.9. The Bertz CT molecular complexity index is 1250. The monoisotopic (exact) mass is 501 g/mol. The third kappa shape index (κ3) is 6.18. The molecule has 36 heavy (non-hydrogen) atoms. The summed E-state index contributed by atoms with van der Waals surface area (Å²) in [6, 6.07) is 6.42. The van der Waals surface area contributed by atoms with Crippen molar-refractivity contribution >= 4 is 29.1 Å². The van der Waals surface area contributed by atoms with Crippen LogP contribution in [0.2, 0.25) is 0 Å². The van der Waals surface area contributed by atoms with E-state index in [1.807, 2.05) is 6.20 Å². The predicted octanol–water partition coefficient (Wildman–Crippen LogP) is 4.22. The van der Waals surface area contributed by atoms with Gasteiger partial charge in [0.1, 0.15) is 5.82 Å². The summed E-state index contributed by atoms with van der Waals surface area (Å²) in [7, 11) is 1.80. The zero-order valence-corrected chi connectivity index (χ0v) is 19.8. The Morgan fingerprint density at radius 2 is 1.81 bits per heavy atom. The molecule has 9 nitrogen and oxygen atoms in total. The van der Waals surface area contributed by atoms with Crippen LogP contribution in [0, 0.1) is 0 Å². The van der Waals surface area contributed by atoms with Crippen molar-refractivity contribution in [3.05, 3.63) is 48.4 Å². The second-order valence-electron chi connectivity index (χ2n) is 8.78. The molecule has 12 heteroatoms. The number of aromatic nitrogens is 4. The first-order valence-electron chi connectivity index (χ1n) is 11.5. The van der Waals surface area contributed by atoms with Crippen molar-refractivity contribution in [1.82, 2.24) is 25.1 Å². The van der Waals surface area contributed by atoms with E-state index in [0.29, 0.717) is 48.7 Å². The molecule has 1 saturated carbocycles. The lowest BCUT2D eigenvalue weighted by atomic mass is 9.91. The number of amides is 1. The molecule has 2 aromatic heterocycles. The smallest absolute Gasteiger partial charge is 0.367 e. The fourth-order valence-electron chi connectivity index (χ4n) is 4.11. The van der Waals surface area contributed by atoms with Gasteiger partial charge in [0, 0.05) is 53.9 Å². The van der Waals surface area contributed by atoms with Crippen molar-refractivity contribution in [1.29, 1.82) is 0 Å². The van der Waals surface area contributed by atoms with Gasteiger partial charge in [-0.3, -0.25) is 14.3 Å². The van der Waals surface area contributed by atoms with E-state index in [9.17, 15) is 22.8 Å². The minimum atomic E-state index is -4.89. The Kier molecular flexibility index (Phi) is 7.22. The first-order valence-corrected chi connectivity index (χ1v) is 11.5. The molecule has 0 radical (unpaired) electrons. The number of carbonyl (C=O) groups excluding carboxylic acids is 2. The summed E-state index contributed by atoms with van der Waals surface area (Å²) in [5.41, 5.74) is 2.73. The maximum atomic E-state index is 12.6. The van der Waals surface area contributed by atoms with E-state index in [-0.39, 0.29) is 11.8 Å². The molecule has 3 aromatic rings. The fourth-order valence-corrected chi connectivity index (χ4v) is 4.11. The lowest BCUT2D eigenvalue weighted by Gasteiger charge is -2.30. The van der Waals surface area contributed by atoms with Crippen molar-refractivity contribution in [2.75, 3.05) is 10.6 Å². The molecule has 4 rings (SSSR count). The van der Waals surface area contributed by atoms with Crippen LogP contribution < -0.4 is 16.0 Å². The molecule has 1 amide bonds. The van der Waals surface area contributed by atoms with Gasteiger partial charge in [-0.15, -0.1) is 0 Å². The van der Waals surface area contributed by atoms with Crippen LogP contribution in [0.4, 0.5) is 30.6 Å². The van der Waals surface area contributed by atoms with E-state index in [4.69, 9.17) is 0 Å². The Hall–Kier alpha value is -3.96. The van der Waals surface area contributed by atoms with Gasteiger partial charge in [-0.1, -0.05) is 12.1 Å². The number of carbonyl (C=O) groups is 2. The number of Topliss-reactive ketones (excluding diaryl/α,β-unsaturated/α-hetero) is 1. The first-order chi connectivity index (χ1) is 17.1. The Balaban J connectivity index is 1.51. The molecular weight excluding hydrogens is 475 g/mol. The van der Waals surface area contributed by atoms with Crippen molar-refractivity contribution in [2.45, 2.75) is 50.9 Å². The standard InChI is InChI=1S/C24H26F3N7O2/c1-14(35)15-4-3-5-19(10-15)32-23-28-12-20(16-11-29-34(2)13-16)21(33-23)30-17-6-8-18(9-7-17)31-22(36)24(25,26)27/h3-5,10-13,17-18H,6-9H2,1-2H3,(H,31,36)(H2,28,30,32,33)/t17-,18+. The highest BCUT2D eigenvalue weighted by atomic mass is 19.4. The van der Waals surface area contributed by atoms with Gasteiger partial charge < -0.3 is 16.0 Å². The van der Waals surface area contributed by atoms with Crippen molar-refractivity contribution in [2.24, 2.45) is 7.05 Å². The highest BCUT2D eigenvalue weighted by molar-refractivity contribution is 5.95. The number of ketones is 1. The molecule has 1 fully saturated rings. The maximum absolute atomic E-state index is 12.6. The lowest BCUT2D eigenvalue weighted by molar-refractivity contribution is -0.174. The Morgan fingerprint density at radius 3 is 2.44 bits per heavy atom. The number of halogens is 3. The minimum absolute atomic E-state index is 0.0525. The van der Waals surface area contributed by atoms with Crippen molar-refractivity contribution < 1.29 is 22.8 Å². The highest BCUT2D eigenvalue weighted by Gasteiger charge is 2.40. The molecule has 0 saturated heterocycles. The van der Waals surface area contributed by atoms with Gasteiger partial charge in [0.15, 0.2) is 5.78 Å². The largest absolute Gasteiger partial charge is 0.471 e. The van der Waals surface area contributed by atoms with Crippen LogP contribution in [0.1, 0.15) is 43.0 Å². The summed E-state index contributed by atoms with van der Waals surface area (Å²) in [4.78, 5) is 32.0. The van der Waals surface area contributed by atoms with Gasteiger partial charge in [-0.05, 0) is 44.7 Å². The molecule has 1 aliphatic rings. The molecule has 3 N–H and O–H groups in total. The number of anilines is 3. The van der Waals surface area contributed by atoms with Gasteiger partial charge in [0.25, 0.3) is 0 Å². The van der Waals surface area contributed by atoms with Crippen LogP contribution in [0.3, 0.4) is 0 Å². The summed E-state index contributed by atoms with van der Waals surface area (Å²) in [5, 5.41) is 12.8. The lowest BCUT2D eigenvalue weighted by Crippen LogP contribution is -2.45. The molecule has 0 unspecified atom stereocenters. The van der Waals surface area contributed by atoms with Crippen molar-refractivity contribution in [3.8, 4) is 11.1 Å². The maximum Gasteiger partial charge on any atom is 0.471 e. The van der Waals surface area contributed by atoms with E-state index < -0.39 is 18.1 Å². The number of alkyl halides is 3. The summed E-state index contributed by atoms with van der Waals surface area (Å²) < 4.78 is 39.3. The quantitative estimate of drug-likeness (QED) is 0.415. The van der Waals surface area contributed by atoms with E-state index in [0.717, 1.165) is 11.1 Å². The molecule has 190 valence electrons. The second kappa shape index (κ2) is 10.3. The normalized spacial score (nSPS) is 17.9. The predicted molar refractivity (Wildman–Crippen MR) is 128 cm³/mol. The van der Waals surface area contributed by atoms with Crippen LogP contribution in [-0.2, 0) is 11.8 Å². The summed E-state index contributed by atoms with van der Waals surface area (Å²) in [5.74, 6) is -1.10. The van der Waals surface area contributed by atoms with E-state index in [1.165, 1.54) is 6.92 Å². The van der Waals surface area contributed by atoms with Crippen LogP contribution >= 0.6 is 0 Å². The zero-order valence-electron chi connectivity index (χ0n) is 19.8. The fraction of sp³-hybridized carbons (Fsp3) is 0.375. The third-order valence-electron chi connectivity index (χ3n) is 5.99. The van der Waals surface area contributed by atoms with Crippen LogP contribution in [-0.4, -0.2) is 49.7 Å². The van der Waals surface area contributed by atoms with E-state index in [1.54, 1.807) is 48.4 Å². The Labute approximate surface area is 205 Å². The number of nitrogens with zero attached hydrogens (tertiary/aromatic N) is 4. The summed E-state index contributed by atoms with van der Waals surface area (Å²) in [6.07, 6.45) is 2.24. The highest BCUT2D eigenvalue weighted by Crippen LogP contribution is 2.30. The van der Waals surface area contributed by atoms with Crippen LogP contribution in [0.5, 0.6) is 0 Å². The number of rotatable bonds is 7. The molecule has 2 heterocycles. The second-order valence-corrected chi connectivity index (χ2v) is 8.78. The third-order valence-corrected chi connectivity index (χ3v) is 5.99. The van der Waals surface area contributed by atoms with Gasteiger partial charge in [-0.2, -0.15) is 23.3 Å². The van der Waals surface area contributed by atoms with E-state index >= 15 is 0 Å². The van der Waals surface area contributed by atoms with Crippen LogP contribution in [0.15, 0.2) is 42.9 Å². The molecule has 0 aliphatic heterocycles. The number of hydrogen-bond donors (Lipinski definition) is 3. The minimum Gasteiger partial charge on any atom is -0.367 e. The van der Waals surface area contributed by atoms with E-state index in [2.05, 4.69) is 31.0 Å². The molecule has 0 atom stereocenters. The number of hydrogen-bond acceptors (Lipinski definition) is 7. The molecule has 1 aliphatic carbocycles. The molecule has 1 aromatic carbocycles. The number of aryl methyl sites for hydroxylation is 1. The molecule has 0 bridgehead atoms. The number of nitrogens with one attached hydrogen (secondary N) is 3. The average Bonchev–Trinajstić information content (AvgIpc) is 3.26. The Morgan fingerprint density at radius 1 is 1.08 bits per heavy atom. The molecule has 0 spiro atoms. The summed E-state index contributed by atoms with van der Waals surface area (Å²) >= 11 is 0. The summed E-state index contributed by atoms with van der Waals surface area (Å²) in [6.45, 7) is 1.49. The molecular formula is C24H26F3N7O2. The number of benzene rings is 1. The van der Waals surface area contributed by atoms with Gasteiger partial charge in [0.2, 0.25) is 5.95 Å². The van der Waals surface area contributed by atoms with Gasteiger partial charge in [-0.25, -0.2) is 4.98 Å². The average molecular weight is 502 g/mol. The van der Waals surface area contributed by atoms with Crippen molar-refractivity contribution in [3.63, 3.8) is 0 Å². The van der Waals surface area contributed by atoms with Gasteiger partial charge >= 0.3 is 12.1 Å². The van der Waals surface area contributed by atoms with Gasteiger partial charge in [0.05, 0.1) is 6.20 Å². The first kappa shape index (κ1) is 25.1. The topological polar surface area (TPSA) is 114 Å². The van der Waals surface area contributed by atoms with Crippen LogP contribution in [0.25, 0.3) is 11.1 Å². The SMILES string of the molecule is CC(=O)c1cccc(Nc2ncc(-c3cnn(C)c3)c(N[C@H]3CC[C@@H](NC(=O)C(F)(F)F)CC3)n2)c1.